The summed E-state index contributed by atoms with van der Waals surface area (Å²) >= 11 is 1.75. The summed E-state index contributed by atoms with van der Waals surface area (Å²) in [5, 5.41) is 4.16. The summed E-state index contributed by atoms with van der Waals surface area (Å²) in [6.45, 7) is 1.12. The van der Waals surface area contributed by atoms with E-state index >= 15 is 0 Å². The van der Waals surface area contributed by atoms with E-state index in [1.165, 1.54) is 4.70 Å². The Balaban J connectivity index is 1.39. The van der Waals surface area contributed by atoms with Crippen molar-refractivity contribution in [1.82, 2.24) is 10.3 Å². The number of hydrogen-bond donors (Lipinski definition) is 1. The quantitative estimate of drug-likeness (QED) is 0.567. The molecular formula is C21H24N2O2S. The summed E-state index contributed by atoms with van der Waals surface area (Å²) in [4.78, 5) is 16.7. The molecule has 0 aliphatic carbocycles. The number of ether oxygens (including phenoxy) is 1. The number of para-hydroxylation sites is 1. The number of carbonyl (C=O) groups excluding carboxylic acids is 1. The van der Waals surface area contributed by atoms with E-state index in [2.05, 4.69) is 16.4 Å². The number of thiazole rings is 1. The molecular weight excluding hydrogens is 344 g/mol. The number of hydrogen-bond acceptors (Lipinski definition) is 4. The first-order valence-electron chi connectivity index (χ1n) is 8.93. The highest BCUT2D eigenvalue weighted by Crippen LogP contribution is 2.22. The lowest BCUT2D eigenvalue weighted by Gasteiger charge is -2.10. The van der Waals surface area contributed by atoms with Crippen molar-refractivity contribution < 1.29 is 9.53 Å². The molecule has 1 aromatic heterocycles. The van der Waals surface area contributed by atoms with Crippen molar-refractivity contribution in [3.05, 3.63) is 64.7 Å². The van der Waals surface area contributed by atoms with Crippen LogP contribution in [0.5, 0.6) is 0 Å². The Morgan fingerprint density at radius 3 is 2.65 bits per heavy atom. The van der Waals surface area contributed by atoms with Crippen LogP contribution in [0.2, 0.25) is 0 Å². The number of carbonyl (C=O) groups is 1. The molecule has 3 rings (SSSR count). The SMILES string of the molecule is COCc1ccccc1CNC(=O)CCCCc1nc2ccccc2s1. The molecule has 4 nitrogen and oxygen atoms in total. The maximum atomic E-state index is 12.1. The number of benzene rings is 2. The molecule has 136 valence electrons. The largest absolute Gasteiger partial charge is 0.380 e. The smallest absolute Gasteiger partial charge is 0.220 e. The number of nitrogens with one attached hydrogen (secondary N) is 1. The van der Waals surface area contributed by atoms with E-state index in [0.717, 1.165) is 40.9 Å². The highest BCUT2D eigenvalue weighted by molar-refractivity contribution is 7.18. The molecule has 0 aliphatic rings. The topological polar surface area (TPSA) is 51.2 Å². The van der Waals surface area contributed by atoms with E-state index in [-0.39, 0.29) is 5.91 Å². The molecule has 2 aromatic carbocycles. The third-order valence-electron chi connectivity index (χ3n) is 4.28. The first-order chi connectivity index (χ1) is 12.8. The summed E-state index contributed by atoms with van der Waals surface area (Å²) in [6, 6.07) is 16.2. The lowest BCUT2D eigenvalue weighted by atomic mass is 10.1. The van der Waals surface area contributed by atoms with Crippen molar-refractivity contribution in [3.8, 4) is 0 Å². The average Bonchev–Trinajstić information content (AvgIpc) is 3.07. The number of rotatable bonds is 9. The van der Waals surface area contributed by atoms with E-state index in [1.54, 1.807) is 18.4 Å². The average molecular weight is 369 g/mol. The number of amides is 1. The van der Waals surface area contributed by atoms with Gasteiger partial charge in [0, 0.05) is 20.1 Å². The second-order valence-electron chi connectivity index (χ2n) is 6.26. The highest BCUT2D eigenvalue weighted by atomic mass is 32.1. The Bertz CT molecular complexity index is 827. The fraction of sp³-hybridized carbons (Fsp3) is 0.333. The van der Waals surface area contributed by atoms with Gasteiger partial charge in [0.05, 0.1) is 21.8 Å². The van der Waals surface area contributed by atoms with Crippen molar-refractivity contribution in [1.29, 1.82) is 0 Å². The van der Waals surface area contributed by atoms with Gasteiger partial charge in [0.1, 0.15) is 0 Å². The highest BCUT2D eigenvalue weighted by Gasteiger charge is 2.06. The minimum atomic E-state index is 0.0986. The summed E-state index contributed by atoms with van der Waals surface area (Å²) in [7, 11) is 1.68. The molecule has 0 aliphatic heterocycles. The molecule has 1 N–H and O–H groups in total. The molecule has 26 heavy (non-hydrogen) atoms. The van der Waals surface area contributed by atoms with Crippen molar-refractivity contribution in [2.45, 2.75) is 38.8 Å². The van der Waals surface area contributed by atoms with E-state index in [0.29, 0.717) is 19.6 Å². The Morgan fingerprint density at radius 1 is 1.08 bits per heavy atom. The maximum absolute atomic E-state index is 12.1. The van der Waals surface area contributed by atoms with Gasteiger partial charge in [-0.3, -0.25) is 4.79 Å². The Morgan fingerprint density at radius 2 is 1.85 bits per heavy atom. The van der Waals surface area contributed by atoms with Crippen LogP contribution in [-0.2, 0) is 29.1 Å². The molecule has 0 spiro atoms. The Kier molecular flexibility index (Phi) is 6.75. The van der Waals surface area contributed by atoms with Gasteiger partial charge < -0.3 is 10.1 Å². The van der Waals surface area contributed by atoms with Gasteiger partial charge in [0.2, 0.25) is 5.91 Å². The number of nitrogens with zero attached hydrogens (tertiary/aromatic N) is 1. The molecule has 0 fully saturated rings. The van der Waals surface area contributed by atoms with Gasteiger partial charge in [-0.2, -0.15) is 0 Å². The fourth-order valence-corrected chi connectivity index (χ4v) is 3.91. The maximum Gasteiger partial charge on any atom is 0.220 e. The third-order valence-corrected chi connectivity index (χ3v) is 5.37. The van der Waals surface area contributed by atoms with Crippen LogP contribution in [0.3, 0.4) is 0 Å². The molecule has 0 atom stereocenters. The first-order valence-corrected chi connectivity index (χ1v) is 9.75. The number of aromatic nitrogens is 1. The van der Waals surface area contributed by atoms with Gasteiger partial charge in [-0.05, 0) is 42.5 Å². The number of unbranched alkanes of at least 4 members (excludes halogenated alkanes) is 1. The van der Waals surface area contributed by atoms with Crippen LogP contribution in [-0.4, -0.2) is 18.0 Å². The van der Waals surface area contributed by atoms with Crippen molar-refractivity contribution in [2.24, 2.45) is 0 Å². The van der Waals surface area contributed by atoms with Gasteiger partial charge in [0.15, 0.2) is 0 Å². The van der Waals surface area contributed by atoms with E-state index in [1.807, 2.05) is 42.5 Å². The van der Waals surface area contributed by atoms with Crippen molar-refractivity contribution in [2.75, 3.05) is 7.11 Å². The molecule has 0 bridgehead atoms. The van der Waals surface area contributed by atoms with Crippen LogP contribution >= 0.6 is 11.3 Å². The molecule has 0 unspecified atom stereocenters. The zero-order chi connectivity index (χ0) is 18.2. The van der Waals surface area contributed by atoms with Crippen LogP contribution in [0.1, 0.15) is 35.4 Å². The second kappa shape index (κ2) is 9.46. The van der Waals surface area contributed by atoms with Gasteiger partial charge in [-0.25, -0.2) is 4.98 Å². The summed E-state index contributed by atoms with van der Waals surface area (Å²) in [5.74, 6) is 0.0986. The minimum absolute atomic E-state index is 0.0986. The van der Waals surface area contributed by atoms with Gasteiger partial charge in [0.25, 0.3) is 0 Å². The Labute approximate surface area is 158 Å². The van der Waals surface area contributed by atoms with Crippen LogP contribution in [0, 0.1) is 0 Å². The molecule has 0 saturated heterocycles. The monoisotopic (exact) mass is 368 g/mol. The van der Waals surface area contributed by atoms with Gasteiger partial charge in [-0.15, -0.1) is 11.3 Å². The van der Waals surface area contributed by atoms with Crippen molar-refractivity contribution in [3.63, 3.8) is 0 Å². The van der Waals surface area contributed by atoms with Crippen LogP contribution in [0.4, 0.5) is 0 Å². The first kappa shape index (κ1) is 18.5. The molecule has 1 amide bonds. The summed E-state index contributed by atoms with van der Waals surface area (Å²) in [6.07, 6.45) is 3.34. The predicted molar refractivity (Wildman–Crippen MR) is 106 cm³/mol. The van der Waals surface area contributed by atoms with E-state index in [4.69, 9.17) is 4.74 Å². The summed E-state index contributed by atoms with van der Waals surface area (Å²) < 4.78 is 6.43. The zero-order valence-electron chi connectivity index (χ0n) is 15.0. The molecule has 0 radical (unpaired) electrons. The number of aryl methyl sites for hydroxylation is 1. The zero-order valence-corrected chi connectivity index (χ0v) is 15.8. The lowest BCUT2D eigenvalue weighted by molar-refractivity contribution is -0.121. The number of fused-ring (bicyclic) bond motifs is 1. The van der Waals surface area contributed by atoms with Crippen LogP contribution in [0.15, 0.2) is 48.5 Å². The van der Waals surface area contributed by atoms with Gasteiger partial charge >= 0.3 is 0 Å². The van der Waals surface area contributed by atoms with E-state index in [9.17, 15) is 4.79 Å². The normalized spacial score (nSPS) is 11.0. The van der Waals surface area contributed by atoms with Crippen LogP contribution < -0.4 is 5.32 Å². The molecule has 5 heteroatoms. The fourth-order valence-electron chi connectivity index (χ4n) is 2.90. The minimum Gasteiger partial charge on any atom is -0.380 e. The molecule has 1 heterocycles. The third kappa shape index (κ3) is 5.13. The standard InChI is InChI=1S/C21H24N2O2S/c1-25-15-17-9-3-2-8-16(17)14-22-20(24)12-6-7-13-21-23-18-10-4-5-11-19(18)26-21/h2-5,8-11H,6-7,12-15H2,1H3,(H,22,24). The lowest BCUT2D eigenvalue weighted by Crippen LogP contribution is -2.23. The Hall–Kier alpha value is -2.24. The number of methoxy groups -OCH3 is 1. The molecule has 0 saturated carbocycles. The predicted octanol–water partition coefficient (Wildman–Crippen LogP) is 4.47. The van der Waals surface area contributed by atoms with Gasteiger partial charge in [-0.1, -0.05) is 36.4 Å². The van der Waals surface area contributed by atoms with Crippen molar-refractivity contribution >= 4 is 27.5 Å². The second-order valence-corrected chi connectivity index (χ2v) is 7.38. The van der Waals surface area contributed by atoms with Crippen LogP contribution in [0.25, 0.3) is 10.2 Å². The summed E-state index contributed by atoms with van der Waals surface area (Å²) in [5.41, 5.74) is 3.29. The van der Waals surface area contributed by atoms with E-state index < -0.39 is 0 Å². The molecule has 3 aromatic rings.